The van der Waals surface area contributed by atoms with Crippen molar-refractivity contribution in [2.45, 2.75) is 276 Å². The maximum Gasteiger partial charge on any atom is 0.220 e. The minimum Gasteiger partial charge on any atom is -0.394 e. The Labute approximate surface area is 325 Å². The number of amides is 1. The van der Waals surface area contributed by atoms with Gasteiger partial charge in [-0.15, -0.1) is 0 Å². The second kappa shape index (κ2) is 42.8. The highest BCUT2D eigenvalue weighted by molar-refractivity contribution is 5.76. The van der Waals surface area contributed by atoms with Crippen molar-refractivity contribution in [1.29, 1.82) is 0 Å². The van der Waals surface area contributed by atoms with Crippen molar-refractivity contribution >= 4 is 5.91 Å². The quantitative estimate of drug-likeness (QED) is 0.0371. The first-order chi connectivity index (χ1) is 25.6. The van der Waals surface area contributed by atoms with Crippen molar-refractivity contribution in [3.63, 3.8) is 0 Å². The molecular formula is C47H93NO4. The second-order valence-corrected chi connectivity index (χ2v) is 16.3. The van der Waals surface area contributed by atoms with E-state index >= 15 is 0 Å². The summed E-state index contributed by atoms with van der Waals surface area (Å²) < 4.78 is 0. The molecule has 0 aliphatic heterocycles. The fourth-order valence-corrected chi connectivity index (χ4v) is 7.46. The fraction of sp³-hybridized carbons (Fsp3) is 0.936. The molecule has 0 heterocycles. The minimum absolute atomic E-state index is 0.150. The highest BCUT2D eigenvalue weighted by Gasteiger charge is 2.26. The van der Waals surface area contributed by atoms with E-state index in [0.717, 1.165) is 38.5 Å². The van der Waals surface area contributed by atoms with Crippen molar-refractivity contribution < 1.29 is 20.1 Å². The molecular weight excluding hydrogens is 643 g/mol. The third-order valence-corrected chi connectivity index (χ3v) is 11.1. The van der Waals surface area contributed by atoms with E-state index in [1.54, 1.807) is 0 Å². The summed E-state index contributed by atoms with van der Waals surface area (Å²) in [5.41, 5.74) is 0. The molecule has 0 saturated carbocycles. The number of carbonyl (C=O) groups excluding carboxylic acids is 1. The van der Waals surface area contributed by atoms with Crippen LogP contribution in [0.15, 0.2) is 12.2 Å². The van der Waals surface area contributed by atoms with E-state index in [0.29, 0.717) is 12.8 Å². The molecule has 0 aromatic heterocycles. The van der Waals surface area contributed by atoms with E-state index < -0.39 is 18.2 Å². The van der Waals surface area contributed by atoms with Crippen LogP contribution in [0.3, 0.4) is 0 Å². The van der Waals surface area contributed by atoms with Crippen LogP contribution in [0.4, 0.5) is 0 Å². The molecule has 0 rings (SSSR count). The summed E-state index contributed by atoms with van der Waals surface area (Å²) in [4.78, 5) is 12.4. The van der Waals surface area contributed by atoms with E-state index in [4.69, 9.17) is 0 Å². The van der Waals surface area contributed by atoms with E-state index in [1.165, 1.54) is 193 Å². The van der Waals surface area contributed by atoms with Crippen LogP contribution in [-0.2, 0) is 4.79 Å². The van der Waals surface area contributed by atoms with Gasteiger partial charge in [0.15, 0.2) is 0 Å². The average Bonchev–Trinajstić information content (AvgIpc) is 3.15. The first-order valence-electron chi connectivity index (χ1n) is 23.5. The highest BCUT2D eigenvalue weighted by Crippen LogP contribution is 2.17. The molecule has 0 fully saturated rings. The van der Waals surface area contributed by atoms with Gasteiger partial charge >= 0.3 is 0 Å². The van der Waals surface area contributed by atoms with Crippen LogP contribution in [-0.4, -0.2) is 46.1 Å². The Morgan fingerprint density at radius 1 is 0.462 bits per heavy atom. The number of hydrogen-bond donors (Lipinski definition) is 4. The van der Waals surface area contributed by atoms with Gasteiger partial charge in [-0.05, 0) is 38.5 Å². The Kier molecular flexibility index (Phi) is 42.1. The van der Waals surface area contributed by atoms with E-state index in [2.05, 4.69) is 31.3 Å². The topological polar surface area (TPSA) is 89.8 Å². The molecule has 3 unspecified atom stereocenters. The third-order valence-electron chi connectivity index (χ3n) is 11.1. The maximum atomic E-state index is 12.4. The van der Waals surface area contributed by atoms with Crippen LogP contribution in [0.2, 0.25) is 0 Å². The fourth-order valence-electron chi connectivity index (χ4n) is 7.46. The van der Waals surface area contributed by atoms with Gasteiger partial charge in [-0.25, -0.2) is 0 Å². The van der Waals surface area contributed by atoms with Gasteiger partial charge in [0.1, 0.15) is 6.10 Å². The van der Waals surface area contributed by atoms with Crippen molar-refractivity contribution in [1.82, 2.24) is 5.32 Å². The van der Waals surface area contributed by atoms with Crippen LogP contribution in [0.1, 0.15) is 258 Å². The third kappa shape index (κ3) is 37.4. The zero-order valence-corrected chi connectivity index (χ0v) is 35.2. The van der Waals surface area contributed by atoms with Gasteiger partial charge in [0, 0.05) is 6.42 Å². The molecule has 0 saturated heterocycles. The lowest BCUT2D eigenvalue weighted by Gasteiger charge is -2.26. The normalized spacial score (nSPS) is 13.6. The number of rotatable bonds is 43. The van der Waals surface area contributed by atoms with Gasteiger partial charge in [-0.2, -0.15) is 0 Å². The number of nitrogens with one attached hydrogen (secondary N) is 1. The number of unbranched alkanes of at least 4 members (excludes halogenated alkanes) is 33. The molecule has 4 N–H and O–H groups in total. The number of hydrogen-bond acceptors (Lipinski definition) is 4. The molecule has 3 atom stereocenters. The maximum absolute atomic E-state index is 12.4. The molecule has 0 aliphatic carbocycles. The molecule has 1 amide bonds. The first kappa shape index (κ1) is 51.1. The van der Waals surface area contributed by atoms with Crippen molar-refractivity contribution in [2.75, 3.05) is 6.61 Å². The Hall–Kier alpha value is -0.910. The molecule has 0 aromatic rings. The molecule has 0 radical (unpaired) electrons. The summed E-state index contributed by atoms with van der Waals surface area (Å²) in [6, 6.07) is -0.821. The van der Waals surface area contributed by atoms with Crippen LogP contribution in [0.25, 0.3) is 0 Å². The average molecular weight is 736 g/mol. The SMILES string of the molecule is CCCCCCCCCCCCCCCCCC/C=C/CCCC(O)C(O)C(CO)NC(=O)CCCCCCCCCCCCCCCCCCC. The second-order valence-electron chi connectivity index (χ2n) is 16.3. The van der Waals surface area contributed by atoms with Gasteiger partial charge in [0.05, 0.1) is 18.8 Å². The Morgan fingerprint density at radius 3 is 1.12 bits per heavy atom. The van der Waals surface area contributed by atoms with Crippen molar-refractivity contribution in [3.8, 4) is 0 Å². The van der Waals surface area contributed by atoms with Gasteiger partial charge in [-0.3, -0.25) is 4.79 Å². The monoisotopic (exact) mass is 736 g/mol. The van der Waals surface area contributed by atoms with Gasteiger partial charge in [0.2, 0.25) is 5.91 Å². The van der Waals surface area contributed by atoms with Crippen LogP contribution in [0, 0.1) is 0 Å². The van der Waals surface area contributed by atoms with Crippen LogP contribution in [0.5, 0.6) is 0 Å². The van der Waals surface area contributed by atoms with E-state index in [9.17, 15) is 20.1 Å². The molecule has 0 aliphatic rings. The Balaban J connectivity index is 3.61. The van der Waals surface area contributed by atoms with E-state index in [-0.39, 0.29) is 12.5 Å². The number of carbonyl (C=O) groups is 1. The molecule has 0 bridgehead atoms. The number of aliphatic hydroxyl groups excluding tert-OH is 3. The van der Waals surface area contributed by atoms with Crippen LogP contribution < -0.4 is 5.32 Å². The zero-order chi connectivity index (χ0) is 38.0. The molecule has 0 aromatic carbocycles. The smallest absolute Gasteiger partial charge is 0.220 e. The predicted octanol–water partition coefficient (Wildman–Crippen LogP) is 13.6. The zero-order valence-electron chi connectivity index (χ0n) is 35.2. The van der Waals surface area contributed by atoms with Gasteiger partial charge in [0.25, 0.3) is 0 Å². The summed E-state index contributed by atoms with van der Waals surface area (Å²) in [5.74, 6) is -0.150. The Bertz CT molecular complexity index is 728. The highest BCUT2D eigenvalue weighted by atomic mass is 16.3. The lowest BCUT2D eigenvalue weighted by atomic mass is 10.0. The van der Waals surface area contributed by atoms with E-state index in [1.807, 2.05) is 0 Å². The predicted molar refractivity (Wildman–Crippen MR) is 227 cm³/mol. The lowest BCUT2D eigenvalue weighted by Crippen LogP contribution is -2.50. The largest absolute Gasteiger partial charge is 0.394 e. The molecule has 5 nitrogen and oxygen atoms in total. The summed E-state index contributed by atoms with van der Waals surface area (Å²) >= 11 is 0. The summed E-state index contributed by atoms with van der Waals surface area (Å²) in [7, 11) is 0. The standard InChI is InChI=1S/C47H93NO4/c1-3-5-7-9-11-13-15-17-19-21-22-23-24-26-27-29-31-33-35-37-39-41-45(50)47(52)44(43-49)48-46(51)42-40-38-36-34-32-30-28-25-20-18-16-14-12-10-8-6-4-2/h33,35,44-45,47,49-50,52H,3-32,34,36-43H2,1-2H3,(H,48,51)/b35-33+. The van der Waals surface area contributed by atoms with Crippen molar-refractivity contribution in [2.24, 2.45) is 0 Å². The molecule has 0 spiro atoms. The first-order valence-corrected chi connectivity index (χ1v) is 23.5. The summed E-state index contributed by atoms with van der Waals surface area (Å²) in [6.07, 6.45) is 50.4. The number of allylic oxidation sites excluding steroid dienone is 2. The van der Waals surface area contributed by atoms with Gasteiger partial charge < -0.3 is 20.6 Å². The number of aliphatic hydroxyl groups is 3. The molecule has 5 heteroatoms. The lowest BCUT2D eigenvalue weighted by molar-refractivity contribution is -0.124. The summed E-state index contributed by atoms with van der Waals surface area (Å²) in [5, 5.41) is 33.6. The van der Waals surface area contributed by atoms with Crippen LogP contribution >= 0.6 is 0 Å². The van der Waals surface area contributed by atoms with Gasteiger partial charge in [-0.1, -0.05) is 225 Å². The van der Waals surface area contributed by atoms with Crippen molar-refractivity contribution in [3.05, 3.63) is 12.2 Å². The Morgan fingerprint density at radius 2 is 0.769 bits per heavy atom. The molecule has 310 valence electrons. The minimum atomic E-state index is -1.15. The molecule has 52 heavy (non-hydrogen) atoms. The summed E-state index contributed by atoms with van der Waals surface area (Å²) in [6.45, 7) is 4.19.